The molecule has 2 aromatic rings. The molecule has 0 fully saturated rings. The Kier molecular flexibility index (Phi) is 3.60. The maximum Gasteiger partial charge on any atom is 0.159 e. The van der Waals surface area contributed by atoms with Crippen LogP contribution in [0, 0.1) is 0 Å². The Bertz CT molecular complexity index is 578. The quantitative estimate of drug-likeness (QED) is 0.770. The minimum Gasteiger partial charge on any atom is -0.490 e. The van der Waals surface area contributed by atoms with Gasteiger partial charge < -0.3 is 4.74 Å². The van der Waals surface area contributed by atoms with Gasteiger partial charge in [0.05, 0.1) is 11.6 Å². The third-order valence-electron chi connectivity index (χ3n) is 3.01. The highest BCUT2D eigenvalue weighted by Crippen LogP contribution is 2.26. The Morgan fingerprint density at radius 1 is 1.39 bits per heavy atom. The first-order valence-corrected chi connectivity index (χ1v) is 6.18. The molecule has 0 aliphatic rings. The number of Topliss-reactive ketones (excluding diaryl/α,β-unsaturated/α-hetero) is 1. The number of aromatic nitrogens is 1. The van der Waals surface area contributed by atoms with E-state index in [2.05, 4.69) is 11.9 Å². The largest absolute Gasteiger partial charge is 0.490 e. The zero-order valence-corrected chi connectivity index (χ0v) is 10.9. The molecule has 0 amide bonds. The fraction of sp³-hybridized carbons (Fsp3) is 0.333. The summed E-state index contributed by atoms with van der Waals surface area (Å²) in [5.41, 5.74) is 1.53. The highest BCUT2D eigenvalue weighted by molar-refractivity contribution is 5.99. The van der Waals surface area contributed by atoms with Crippen LogP contribution >= 0.6 is 0 Å². The van der Waals surface area contributed by atoms with Gasteiger partial charge in [-0.25, -0.2) is 0 Å². The molecule has 0 spiro atoms. The maximum absolute atomic E-state index is 11.4. The smallest absolute Gasteiger partial charge is 0.159 e. The second-order valence-electron chi connectivity index (χ2n) is 4.43. The molecule has 1 heterocycles. The first kappa shape index (κ1) is 12.6. The number of rotatable bonds is 4. The Hall–Kier alpha value is -1.90. The SMILES string of the molecule is CCC(C)Oc1ccnc2ccc(C(C)=O)cc12. The number of carbonyl (C=O) groups excluding carboxylic acids is 1. The zero-order chi connectivity index (χ0) is 13.1. The van der Waals surface area contributed by atoms with Crippen molar-refractivity contribution in [3.63, 3.8) is 0 Å². The molecule has 1 aromatic carbocycles. The predicted molar refractivity (Wildman–Crippen MR) is 72.1 cm³/mol. The van der Waals surface area contributed by atoms with Gasteiger partial charge >= 0.3 is 0 Å². The summed E-state index contributed by atoms with van der Waals surface area (Å²) < 4.78 is 5.86. The number of fused-ring (bicyclic) bond motifs is 1. The van der Waals surface area contributed by atoms with Gasteiger partial charge in [0.1, 0.15) is 5.75 Å². The summed E-state index contributed by atoms with van der Waals surface area (Å²) in [6.07, 6.45) is 2.82. The van der Waals surface area contributed by atoms with E-state index >= 15 is 0 Å². The highest BCUT2D eigenvalue weighted by atomic mass is 16.5. The number of benzene rings is 1. The third kappa shape index (κ3) is 2.50. The summed E-state index contributed by atoms with van der Waals surface area (Å²) >= 11 is 0. The van der Waals surface area contributed by atoms with E-state index in [0.717, 1.165) is 23.1 Å². The number of ether oxygens (including phenoxy) is 1. The Labute approximate surface area is 107 Å². The Morgan fingerprint density at radius 3 is 2.83 bits per heavy atom. The second-order valence-corrected chi connectivity index (χ2v) is 4.43. The van der Waals surface area contributed by atoms with Crippen molar-refractivity contribution in [2.45, 2.75) is 33.3 Å². The van der Waals surface area contributed by atoms with Crippen LogP contribution < -0.4 is 4.74 Å². The van der Waals surface area contributed by atoms with Gasteiger partial charge in [-0.2, -0.15) is 0 Å². The van der Waals surface area contributed by atoms with Crippen molar-refractivity contribution < 1.29 is 9.53 Å². The standard InChI is InChI=1S/C15H17NO2/c1-4-10(2)18-15-7-8-16-14-6-5-12(11(3)17)9-13(14)15/h5-10H,4H2,1-3H3. The molecule has 3 nitrogen and oxygen atoms in total. The molecule has 2 rings (SSSR count). The van der Waals surface area contributed by atoms with Crippen molar-refractivity contribution in [2.24, 2.45) is 0 Å². The molecular weight excluding hydrogens is 226 g/mol. The van der Waals surface area contributed by atoms with Crippen LogP contribution in [0.15, 0.2) is 30.5 Å². The van der Waals surface area contributed by atoms with Crippen LogP contribution in [0.1, 0.15) is 37.6 Å². The Morgan fingerprint density at radius 2 is 2.17 bits per heavy atom. The van der Waals surface area contributed by atoms with Crippen molar-refractivity contribution in [1.82, 2.24) is 4.98 Å². The van der Waals surface area contributed by atoms with Crippen molar-refractivity contribution in [3.05, 3.63) is 36.0 Å². The number of ketones is 1. The topological polar surface area (TPSA) is 39.2 Å². The molecule has 18 heavy (non-hydrogen) atoms. The molecule has 0 bridgehead atoms. The van der Waals surface area contributed by atoms with E-state index in [-0.39, 0.29) is 11.9 Å². The van der Waals surface area contributed by atoms with Crippen LogP contribution in [0.2, 0.25) is 0 Å². The molecule has 0 saturated carbocycles. The van der Waals surface area contributed by atoms with Crippen molar-refractivity contribution in [2.75, 3.05) is 0 Å². The molecule has 0 N–H and O–H groups in total. The van der Waals surface area contributed by atoms with Gasteiger partial charge in [0, 0.05) is 17.1 Å². The summed E-state index contributed by atoms with van der Waals surface area (Å²) in [4.78, 5) is 15.7. The van der Waals surface area contributed by atoms with Crippen LogP contribution in [0.4, 0.5) is 0 Å². The third-order valence-corrected chi connectivity index (χ3v) is 3.01. The number of pyridine rings is 1. The molecule has 3 heteroatoms. The van der Waals surface area contributed by atoms with Gasteiger partial charge in [-0.15, -0.1) is 0 Å². The predicted octanol–water partition coefficient (Wildman–Crippen LogP) is 3.61. The van der Waals surface area contributed by atoms with E-state index in [1.54, 1.807) is 19.2 Å². The van der Waals surface area contributed by atoms with Gasteiger partial charge in [0.2, 0.25) is 0 Å². The van der Waals surface area contributed by atoms with Crippen molar-refractivity contribution >= 4 is 16.7 Å². The lowest BCUT2D eigenvalue weighted by Gasteiger charge is -2.14. The van der Waals surface area contributed by atoms with Crippen LogP contribution in [-0.4, -0.2) is 16.9 Å². The number of nitrogens with zero attached hydrogens (tertiary/aromatic N) is 1. The van der Waals surface area contributed by atoms with Crippen LogP contribution in [0.25, 0.3) is 10.9 Å². The molecule has 0 aliphatic carbocycles. The lowest BCUT2D eigenvalue weighted by atomic mass is 10.1. The monoisotopic (exact) mass is 243 g/mol. The number of hydrogen-bond acceptors (Lipinski definition) is 3. The maximum atomic E-state index is 11.4. The lowest BCUT2D eigenvalue weighted by Crippen LogP contribution is -2.10. The minimum absolute atomic E-state index is 0.0512. The van der Waals surface area contributed by atoms with Crippen molar-refractivity contribution in [3.8, 4) is 5.75 Å². The molecule has 1 atom stereocenters. The van der Waals surface area contributed by atoms with E-state index in [0.29, 0.717) is 5.56 Å². The molecule has 1 unspecified atom stereocenters. The zero-order valence-electron chi connectivity index (χ0n) is 10.9. The molecular formula is C15H17NO2. The van der Waals surface area contributed by atoms with Crippen LogP contribution in [-0.2, 0) is 0 Å². The van der Waals surface area contributed by atoms with Gasteiger partial charge in [-0.1, -0.05) is 6.92 Å². The average Bonchev–Trinajstić information content (AvgIpc) is 2.38. The molecule has 0 saturated heterocycles. The average molecular weight is 243 g/mol. The summed E-state index contributed by atoms with van der Waals surface area (Å²) in [7, 11) is 0. The van der Waals surface area contributed by atoms with Gasteiger partial charge in [0.15, 0.2) is 5.78 Å². The van der Waals surface area contributed by atoms with Gasteiger partial charge in [-0.3, -0.25) is 9.78 Å². The fourth-order valence-corrected chi connectivity index (χ4v) is 1.74. The van der Waals surface area contributed by atoms with Gasteiger partial charge in [0.25, 0.3) is 0 Å². The van der Waals surface area contributed by atoms with E-state index in [1.165, 1.54) is 0 Å². The van der Waals surface area contributed by atoms with E-state index in [4.69, 9.17) is 4.74 Å². The second kappa shape index (κ2) is 5.17. The van der Waals surface area contributed by atoms with E-state index in [1.807, 2.05) is 25.1 Å². The first-order valence-electron chi connectivity index (χ1n) is 6.18. The molecule has 0 radical (unpaired) electrons. The summed E-state index contributed by atoms with van der Waals surface area (Å²) in [5, 5.41) is 0.894. The summed E-state index contributed by atoms with van der Waals surface area (Å²) in [6.45, 7) is 5.67. The highest BCUT2D eigenvalue weighted by Gasteiger charge is 2.08. The molecule has 94 valence electrons. The summed E-state index contributed by atoms with van der Waals surface area (Å²) in [5.74, 6) is 0.840. The first-order chi connectivity index (χ1) is 8.61. The summed E-state index contributed by atoms with van der Waals surface area (Å²) in [6, 6.07) is 7.35. The van der Waals surface area contributed by atoms with E-state index in [9.17, 15) is 4.79 Å². The van der Waals surface area contributed by atoms with E-state index < -0.39 is 0 Å². The Balaban J connectivity index is 2.51. The molecule has 1 aromatic heterocycles. The van der Waals surface area contributed by atoms with Crippen molar-refractivity contribution in [1.29, 1.82) is 0 Å². The number of carbonyl (C=O) groups is 1. The normalized spacial score (nSPS) is 12.4. The van der Waals surface area contributed by atoms with Gasteiger partial charge in [-0.05, 0) is 44.5 Å². The molecule has 0 aliphatic heterocycles. The fourth-order valence-electron chi connectivity index (χ4n) is 1.74. The van der Waals surface area contributed by atoms with Crippen LogP contribution in [0.5, 0.6) is 5.75 Å². The number of hydrogen-bond donors (Lipinski definition) is 0. The lowest BCUT2D eigenvalue weighted by molar-refractivity contribution is 0.101. The van der Waals surface area contributed by atoms with Crippen LogP contribution in [0.3, 0.4) is 0 Å². The minimum atomic E-state index is 0.0512.